The molecule has 1 aliphatic carbocycles. The molecule has 0 aromatic heterocycles. The highest BCUT2D eigenvalue weighted by Gasteiger charge is 2.21. The zero-order valence-electron chi connectivity index (χ0n) is 16.4. The third kappa shape index (κ3) is 10.4. The van der Waals surface area contributed by atoms with E-state index in [0.29, 0.717) is 18.9 Å². The molecule has 1 unspecified atom stereocenters. The lowest BCUT2D eigenvalue weighted by Crippen LogP contribution is -2.47. The second-order valence-corrected chi connectivity index (χ2v) is 7.53. The van der Waals surface area contributed by atoms with Gasteiger partial charge in [-0.3, -0.25) is 14.4 Å². The Bertz CT molecular complexity index is 434. The van der Waals surface area contributed by atoms with Gasteiger partial charge < -0.3 is 16.4 Å². The zero-order chi connectivity index (χ0) is 19.2. The first-order chi connectivity index (χ1) is 12.5. The molecule has 1 atom stereocenters. The van der Waals surface area contributed by atoms with Crippen LogP contribution in [0.1, 0.15) is 90.4 Å². The Morgan fingerprint density at radius 1 is 1.00 bits per heavy atom. The standard InChI is InChI=1S/C20H37N3O3/c1-2-3-4-5-9-12-18(24)23-17(20(21)26)15-19(25)22-14-13-16-10-7-6-8-11-16/h16-17H,2-15H2,1H3,(H2,21,26)(H,22,25)(H,23,24). The summed E-state index contributed by atoms with van der Waals surface area (Å²) in [5.74, 6) is -0.400. The lowest BCUT2D eigenvalue weighted by molar-refractivity contribution is -0.130. The zero-order valence-corrected chi connectivity index (χ0v) is 16.4. The molecule has 150 valence electrons. The molecule has 26 heavy (non-hydrogen) atoms. The molecule has 1 aliphatic rings. The lowest BCUT2D eigenvalue weighted by atomic mass is 9.87. The Hall–Kier alpha value is -1.59. The fraction of sp³-hybridized carbons (Fsp3) is 0.850. The number of nitrogens with two attached hydrogens (primary N) is 1. The van der Waals surface area contributed by atoms with Gasteiger partial charge in [-0.05, 0) is 18.8 Å². The Kier molecular flexibility index (Phi) is 11.7. The van der Waals surface area contributed by atoms with Crippen LogP contribution in [0, 0.1) is 5.92 Å². The SMILES string of the molecule is CCCCCCCC(=O)NC(CC(=O)NCCC1CCCCC1)C(N)=O. The number of unbranched alkanes of at least 4 members (excludes halogenated alkanes) is 4. The molecule has 0 bridgehead atoms. The molecule has 1 fully saturated rings. The third-order valence-corrected chi connectivity index (χ3v) is 5.18. The van der Waals surface area contributed by atoms with Gasteiger partial charge in [0.2, 0.25) is 17.7 Å². The monoisotopic (exact) mass is 367 g/mol. The van der Waals surface area contributed by atoms with E-state index < -0.39 is 11.9 Å². The maximum absolute atomic E-state index is 12.0. The van der Waals surface area contributed by atoms with Gasteiger partial charge in [-0.25, -0.2) is 0 Å². The molecule has 1 rings (SSSR count). The van der Waals surface area contributed by atoms with Crippen molar-refractivity contribution < 1.29 is 14.4 Å². The van der Waals surface area contributed by atoms with Crippen molar-refractivity contribution in [2.24, 2.45) is 11.7 Å². The highest BCUT2D eigenvalue weighted by Crippen LogP contribution is 2.25. The Balaban J connectivity index is 2.22. The minimum absolute atomic E-state index is 0.0818. The van der Waals surface area contributed by atoms with E-state index in [2.05, 4.69) is 17.6 Å². The largest absolute Gasteiger partial charge is 0.368 e. The number of primary amides is 1. The van der Waals surface area contributed by atoms with Crippen LogP contribution in [0.2, 0.25) is 0 Å². The second-order valence-electron chi connectivity index (χ2n) is 7.53. The smallest absolute Gasteiger partial charge is 0.240 e. The van der Waals surface area contributed by atoms with Gasteiger partial charge in [-0.15, -0.1) is 0 Å². The average molecular weight is 368 g/mol. The number of nitrogens with one attached hydrogen (secondary N) is 2. The summed E-state index contributed by atoms with van der Waals surface area (Å²) in [5, 5.41) is 5.46. The van der Waals surface area contributed by atoms with Gasteiger partial charge in [-0.2, -0.15) is 0 Å². The molecule has 0 spiro atoms. The van der Waals surface area contributed by atoms with Crippen LogP contribution in [0.3, 0.4) is 0 Å². The number of amides is 3. The highest BCUT2D eigenvalue weighted by atomic mass is 16.2. The van der Waals surface area contributed by atoms with Crippen LogP contribution >= 0.6 is 0 Å². The summed E-state index contributed by atoms with van der Waals surface area (Å²) in [6.45, 7) is 2.77. The molecule has 6 heteroatoms. The van der Waals surface area contributed by atoms with E-state index in [1.807, 2.05) is 0 Å². The molecule has 3 amide bonds. The summed E-state index contributed by atoms with van der Waals surface area (Å²) in [5.41, 5.74) is 5.34. The van der Waals surface area contributed by atoms with Crippen LogP contribution in [-0.2, 0) is 14.4 Å². The van der Waals surface area contributed by atoms with Gasteiger partial charge in [0.05, 0.1) is 6.42 Å². The summed E-state index contributed by atoms with van der Waals surface area (Å²) in [6, 6.07) is -0.923. The molecular weight excluding hydrogens is 330 g/mol. The van der Waals surface area contributed by atoms with Gasteiger partial charge in [0, 0.05) is 13.0 Å². The van der Waals surface area contributed by atoms with Crippen molar-refractivity contribution in [3.05, 3.63) is 0 Å². The summed E-state index contributed by atoms with van der Waals surface area (Å²) in [7, 11) is 0. The third-order valence-electron chi connectivity index (χ3n) is 5.18. The van der Waals surface area contributed by atoms with E-state index in [9.17, 15) is 14.4 Å². The quantitative estimate of drug-likeness (QED) is 0.436. The number of carbonyl (C=O) groups excluding carboxylic acids is 3. The topological polar surface area (TPSA) is 101 Å². The van der Waals surface area contributed by atoms with Gasteiger partial charge in [0.25, 0.3) is 0 Å². The highest BCUT2D eigenvalue weighted by molar-refractivity contribution is 5.91. The molecule has 0 radical (unpaired) electrons. The van der Waals surface area contributed by atoms with Crippen LogP contribution in [0.5, 0.6) is 0 Å². The second kappa shape index (κ2) is 13.6. The fourth-order valence-electron chi connectivity index (χ4n) is 3.53. The Morgan fingerprint density at radius 2 is 1.69 bits per heavy atom. The van der Waals surface area contributed by atoms with Crippen molar-refractivity contribution in [3.8, 4) is 0 Å². The normalized spacial score (nSPS) is 16.0. The van der Waals surface area contributed by atoms with E-state index >= 15 is 0 Å². The van der Waals surface area contributed by atoms with E-state index in [1.54, 1.807) is 0 Å². The molecule has 0 saturated heterocycles. The van der Waals surface area contributed by atoms with Gasteiger partial charge >= 0.3 is 0 Å². The van der Waals surface area contributed by atoms with Crippen molar-refractivity contribution in [2.45, 2.75) is 96.4 Å². The summed E-state index contributed by atoms with van der Waals surface area (Å²) >= 11 is 0. The predicted octanol–water partition coefficient (Wildman–Crippen LogP) is 2.79. The van der Waals surface area contributed by atoms with E-state index in [0.717, 1.165) is 32.1 Å². The Morgan fingerprint density at radius 3 is 2.35 bits per heavy atom. The molecule has 0 aromatic carbocycles. The minimum Gasteiger partial charge on any atom is -0.368 e. The minimum atomic E-state index is -0.923. The maximum Gasteiger partial charge on any atom is 0.240 e. The van der Waals surface area contributed by atoms with Crippen molar-refractivity contribution in [1.29, 1.82) is 0 Å². The van der Waals surface area contributed by atoms with Crippen LogP contribution in [-0.4, -0.2) is 30.3 Å². The molecule has 0 aromatic rings. The van der Waals surface area contributed by atoms with Gasteiger partial charge in [-0.1, -0.05) is 64.7 Å². The molecule has 6 nitrogen and oxygen atoms in total. The van der Waals surface area contributed by atoms with Gasteiger partial charge in [0.1, 0.15) is 6.04 Å². The van der Waals surface area contributed by atoms with Crippen LogP contribution in [0.15, 0.2) is 0 Å². The van der Waals surface area contributed by atoms with Gasteiger partial charge in [0.15, 0.2) is 0 Å². The molecule has 0 aliphatic heterocycles. The summed E-state index contributed by atoms with van der Waals surface area (Å²) in [4.78, 5) is 35.5. The van der Waals surface area contributed by atoms with Crippen LogP contribution in [0.25, 0.3) is 0 Å². The first-order valence-corrected chi connectivity index (χ1v) is 10.4. The van der Waals surface area contributed by atoms with Crippen LogP contribution < -0.4 is 16.4 Å². The fourth-order valence-corrected chi connectivity index (χ4v) is 3.53. The molecule has 0 heterocycles. The summed E-state index contributed by atoms with van der Waals surface area (Å²) < 4.78 is 0. The number of hydrogen-bond donors (Lipinski definition) is 3. The van der Waals surface area contributed by atoms with E-state index in [1.165, 1.54) is 38.5 Å². The average Bonchev–Trinajstić information content (AvgIpc) is 2.62. The van der Waals surface area contributed by atoms with Crippen molar-refractivity contribution in [2.75, 3.05) is 6.54 Å². The molecular formula is C20H37N3O3. The van der Waals surface area contributed by atoms with Crippen molar-refractivity contribution >= 4 is 17.7 Å². The summed E-state index contributed by atoms with van der Waals surface area (Å²) in [6.07, 6.45) is 12.9. The van der Waals surface area contributed by atoms with Crippen molar-refractivity contribution in [3.63, 3.8) is 0 Å². The first kappa shape index (κ1) is 22.5. The van der Waals surface area contributed by atoms with E-state index in [-0.39, 0.29) is 18.2 Å². The predicted molar refractivity (Wildman–Crippen MR) is 103 cm³/mol. The van der Waals surface area contributed by atoms with Crippen molar-refractivity contribution in [1.82, 2.24) is 10.6 Å². The maximum atomic E-state index is 12.0. The van der Waals surface area contributed by atoms with Crippen LogP contribution in [0.4, 0.5) is 0 Å². The number of carbonyl (C=O) groups is 3. The number of rotatable bonds is 13. The molecule has 1 saturated carbocycles. The Labute approximate surface area is 158 Å². The first-order valence-electron chi connectivity index (χ1n) is 10.4. The lowest BCUT2D eigenvalue weighted by Gasteiger charge is -2.21. The van der Waals surface area contributed by atoms with E-state index in [4.69, 9.17) is 5.73 Å². The molecule has 4 N–H and O–H groups in total. The number of hydrogen-bond acceptors (Lipinski definition) is 3.